The molecule has 1 aliphatic heterocycles. The fourth-order valence-corrected chi connectivity index (χ4v) is 3.32. The molecule has 166 valence electrons. The number of hydrogen-bond donors (Lipinski definition) is 2. The molecule has 6 nitrogen and oxygen atoms in total. The van der Waals surface area contributed by atoms with Gasteiger partial charge in [-0.25, -0.2) is 0 Å². The molecule has 0 spiro atoms. The molecule has 1 saturated heterocycles. The molecule has 2 aromatic heterocycles. The molecule has 0 saturated carbocycles. The van der Waals surface area contributed by atoms with Crippen LogP contribution in [0.5, 0.6) is 11.5 Å². The minimum atomic E-state index is -4.50. The monoisotopic (exact) mass is 442 g/mol. The van der Waals surface area contributed by atoms with Crippen molar-refractivity contribution < 1.29 is 22.7 Å². The summed E-state index contributed by atoms with van der Waals surface area (Å²) in [6.07, 6.45) is -0.367. The predicted molar refractivity (Wildman–Crippen MR) is 112 cm³/mol. The average molecular weight is 442 g/mol. The van der Waals surface area contributed by atoms with Gasteiger partial charge in [0.1, 0.15) is 11.5 Å². The molecule has 3 aromatic rings. The molecule has 1 amide bonds. The Morgan fingerprint density at radius 1 is 1.16 bits per heavy atom. The molecule has 2 N–H and O–H groups in total. The second-order valence-electron chi connectivity index (χ2n) is 7.44. The van der Waals surface area contributed by atoms with Crippen LogP contribution in [0.15, 0.2) is 55.0 Å². The topological polar surface area (TPSA) is 76.1 Å². The Morgan fingerprint density at radius 3 is 2.66 bits per heavy atom. The maximum atomic E-state index is 12.9. The van der Waals surface area contributed by atoms with Gasteiger partial charge in [-0.1, -0.05) is 13.0 Å². The lowest BCUT2D eigenvalue weighted by Crippen LogP contribution is -2.57. The Balaban J connectivity index is 1.56. The number of hydrogen-bond acceptors (Lipinski definition) is 5. The van der Waals surface area contributed by atoms with Gasteiger partial charge in [-0.2, -0.15) is 13.2 Å². The van der Waals surface area contributed by atoms with Crippen LogP contribution in [-0.2, 0) is 12.6 Å². The van der Waals surface area contributed by atoms with E-state index in [-0.39, 0.29) is 17.7 Å². The van der Waals surface area contributed by atoms with Gasteiger partial charge in [-0.3, -0.25) is 14.8 Å². The third-order valence-electron chi connectivity index (χ3n) is 5.15. The van der Waals surface area contributed by atoms with Gasteiger partial charge in [0.25, 0.3) is 5.91 Å². The highest BCUT2D eigenvalue weighted by atomic mass is 19.4. The minimum Gasteiger partial charge on any atom is -0.456 e. The van der Waals surface area contributed by atoms with Gasteiger partial charge in [0.15, 0.2) is 0 Å². The number of nitrogens with zero attached hydrogens (tertiary/aromatic N) is 2. The normalized spacial score (nSPS) is 14.0. The predicted octanol–water partition coefficient (Wildman–Crippen LogP) is 4.22. The Kier molecular flexibility index (Phi) is 6.09. The van der Waals surface area contributed by atoms with E-state index in [4.69, 9.17) is 4.74 Å². The molecule has 0 aliphatic carbocycles. The summed E-state index contributed by atoms with van der Waals surface area (Å²) in [6.45, 7) is 3.50. The van der Waals surface area contributed by atoms with Crippen molar-refractivity contribution in [3.8, 4) is 22.8 Å². The molecule has 1 fully saturated rings. The van der Waals surface area contributed by atoms with E-state index in [9.17, 15) is 18.0 Å². The summed E-state index contributed by atoms with van der Waals surface area (Å²) >= 11 is 0. The van der Waals surface area contributed by atoms with Gasteiger partial charge in [0.2, 0.25) is 0 Å². The SMILES string of the molecule is CCc1cc(-c2cc(Oc3cncc(C(F)(F)F)c3)ccn2)ccc1C(=O)NC1CNC1. The summed E-state index contributed by atoms with van der Waals surface area (Å²) in [4.78, 5) is 20.5. The largest absolute Gasteiger partial charge is 0.456 e. The highest BCUT2D eigenvalue weighted by molar-refractivity contribution is 5.96. The molecular weight excluding hydrogens is 421 g/mol. The molecular formula is C23H21F3N4O2. The maximum absolute atomic E-state index is 12.9. The van der Waals surface area contributed by atoms with Crippen LogP contribution in [0, 0.1) is 0 Å². The number of amides is 1. The number of alkyl halides is 3. The van der Waals surface area contributed by atoms with Crippen LogP contribution < -0.4 is 15.4 Å². The first kappa shape index (κ1) is 21.8. The number of carbonyl (C=O) groups is 1. The quantitative estimate of drug-likeness (QED) is 0.598. The molecule has 9 heteroatoms. The van der Waals surface area contributed by atoms with E-state index in [1.165, 1.54) is 12.4 Å². The van der Waals surface area contributed by atoms with Crippen LogP contribution in [0.1, 0.15) is 28.4 Å². The first-order chi connectivity index (χ1) is 15.3. The first-order valence-corrected chi connectivity index (χ1v) is 10.1. The molecule has 32 heavy (non-hydrogen) atoms. The number of aryl methyl sites for hydroxylation is 1. The van der Waals surface area contributed by atoms with Gasteiger partial charge >= 0.3 is 6.18 Å². The minimum absolute atomic E-state index is 0.0243. The van der Waals surface area contributed by atoms with Crippen LogP contribution in [0.3, 0.4) is 0 Å². The third-order valence-corrected chi connectivity index (χ3v) is 5.15. The number of carbonyl (C=O) groups excluding carboxylic acids is 1. The number of aromatic nitrogens is 2. The number of nitrogens with one attached hydrogen (secondary N) is 2. The molecule has 0 bridgehead atoms. The van der Waals surface area contributed by atoms with E-state index in [0.29, 0.717) is 23.4 Å². The molecule has 0 unspecified atom stereocenters. The van der Waals surface area contributed by atoms with Gasteiger partial charge < -0.3 is 15.4 Å². The van der Waals surface area contributed by atoms with Crippen LogP contribution in [0.2, 0.25) is 0 Å². The van der Waals surface area contributed by atoms with Crippen molar-refractivity contribution in [2.75, 3.05) is 13.1 Å². The summed E-state index contributed by atoms with van der Waals surface area (Å²) in [5.41, 5.74) is 1.96. The van der Waals surface area contributed by atoms with Crippen LogP contribution in [0.4, 0.5) is 13.2 Å². The van der Waals surface area contributed by atoms with Crippen LogP contribution in [-0.4, -0.2) is 35.0 Å². The van der Waals surface area contributed by atoms with Gasteiger partial charge in [0.05, 0.1) is 23.5 Å². The lowest BCUT2D eigenvalue weighted by molar-refractivity contribution is -0.137. The number of rotatable bonds is 6. The highest BCUT2D eigenvalue weighted by Gasteiger charge is 2.31. The van der Waals surface area contributed by atoms with E-state index in [0.717, 1.165) is 36.5 Å². The van der Waals surface area contributed by atoms with Crippen molar-refractivity contribution in [2.24, 2.45) is 0 Å². The molecule has 1 aromatic carbocycles. The lowest BCUT2D eigenvalue weighted by Gasteiger charge is -2.28. The summed E-state index contributed by atoms with van der Waals surface area (Å²) in [7, 11) is 0. The second kappa shape index (κ2) is 8.96. The molecule has 0 radical (unpaired) electrons. The third kappa shape index (κ3) is 4.88. The smallest absolute Gasteiger partial charge is 0.418 e. The van der Waals surface area contributed by atoms with Crippen molar-refractivity contribution in [3.05, 3.63) is 71.7 Å². The first-order valence-electron chi connectivity index (χ1n) is 10.1. The molecule has 1 aliphatic rings. The Bertz CT molecular complexity index is 1130. The standard InChI is InChI=1S/C23H21F3N4O2/c1-2-14-7-15(3-4-20(14)22(31)30-17-11-28-12-17)21-9-18(5-6-29-21)32-19-8-16(10-27-13-19)23(24,25)26/h3-10,13,17,28H,2,11-12H2,1H3,(H,30,31). The zero-order chi connectivity index (χ0) is 22.7. The highest BCUT2D eigenvalue weighted by Crippen LogP contribution is 2.32. The Morgan fingerprint density at radius 2 is 1.97 bits per heavy atom. The molecule has 0 atom stereocenters. The Hall–Kier alpha value is -3.46. The fourth-order valence-electron chi connectivity index (χ4n) is 3.32. The zero-order valence-corrected chi connectivity index (χ0v) is 17.2. The number of pyridine rings is 2. The summed E-state index contributed by atoms with van der Waals surface area (Å²) in [5, 5.41) is 6.11. The molecule has 3 heterocycles. The van der Waals surface area contributed by atoms with Gasteiger partial charge in [-0.05, 0) is 36.2 Å². The van der Waals surface area contributed by atoms with Gasteiger partial charge in [0, 0.05) is 42.7 Å². The van der Waals surface area contributed by atoms with E-state index >= 15 is 0 Å². The Labute approximate surface area is 182 Å². The second-order valence-corrected chi connectivity index (χ2v) is 7.44. The molecule has 4 rings (SSSR count). The van der Waals surface area contributed by atoms with Crippen LogP contribution >= 0.6 is 0 Å². The number of benzene rings is 1. The van der Waals surface area contributed by atoms with Crippen molar-refractivity contribution in [1.82, 2.24) is 20.6 Å². The van der Waals surface area contributed by atoms with E-state index < -0.39 is 11.7 Å². The van der Waals surface area contributed by atoms with Gasteiger partial charge in [-0.15, -0.1) is 0 Å². The van der Waals surface area contributed by atoms with Crippen molar-refractivity contribution >= 4 is 5.91 Å². The summed E-state index contributed by atoms with van der Waals surface area (Å²) < 4.78 is 44.3. The van der Waals surface area contributed by atoms with E-state index in [2.05, 4.69) is 20.6 Å². The number of halogens is 3. The summed E-state index contributed by atoms with van der Waals surface area (Å²) in [6, 6.07) is 9.69. The van der Waals surface area contributed by atoms with E-state index in [1.807, 2.05) is 13.0 Å². The van der Waals surface area contributed by atoms with Crippen molar-refractivity contribution in [2.45, 2.75) is 25.6 Å². The summed E-state index contributed by atoms with van der Waals surface area (Å²) in [5.74, 6) is 0.194. The van der Waals surface area contributed by atoms with Crippen molar-refractivity contribution in [3.63, 3.8) is 0 Å². The average Bonchev–Trinajstić information content (AvgIpc) is 2.75. The van der Waals surface area contributed by atoms with Crippen molar-refractivity contribution in [1.29, 1.82) is 0 Å². The van der Waals surface area contributed by atoms with Crippen LogP contribution in [0.25, 0.3) is 11.3 Å². The number of ether oxygens (including phenoxy) is 1. The van der Waals surface area contributed by atoms with E-state index in [1.54, 1.807) is 24.3 Å². The lowest BCUT2D eigenvalue weighted by atomic mass is 9.99. The fraction of sp³-hybridized carbons (Fsp3) is 0.261. The zero-order valence-electron chi connectivity index (χ0n) is 17.2. The maximum Gasteiger partial charge on any atom is 0.418 e.